The molecule has 120 valence electrons. The van der Waals surface area contributed by atoms with E-state index in [2.05, 4.69) is 16.4 Å². The van der Waals surface area contributed by atoms with Crippen LogP contribution in [0.25, 0.3) is 0 Å². The molecule has 22 heavy (non-hydrogen) atoms. The van der Waals surface area contributed by atoms with Gasteiger partial charge in [-0.15, -0.1) is 0 Å². The number of pyridine rings is 1. The highest BCUT2D eigenvalue weighted by Crippen LogP contribution is 2.19. The summed E-state index contributed by atoms with van der Waals surface area (Å²) in [6.07, 6.45) is 13.0. The van der Waals surface area contributed by atoms with E-state index in [-0.39, 0.29) is 5.91 Å². The number of hydrogen-bond donors (Lipinski definition) is 1. The highest BCUT2D eigenvalue weighted by Gasteiger charge is 2.08. The van der Waals surface area contributed by atoms with E-state index in [9.17, 15) is 4.79 Å². The number of nitrogens with zero attached hydrogens (tertiary/aromatic N) is 2. The Morgan fingerprint density at radius 2 is 2.09 bits per heavy atom. The summed E-state index contributed by atoms with van der Waals surface area (Å²) in [6, 6.07) is 3.99. The molecule has 1 aliphatic rings. The topological polar surface area (TPSA) is 45.2 Å². The first-order valence-electron chi connectivity index (χ1n) is 8.27. The molecule has 1 heterocycles. The Balaban J connectivity index is 1.59. The van der Waals surface area contributed by atoms with Crippen molar-refractivity contribution in [1.29, 1.82) is 0 Å². The number of amides is 1. The fourth-order valence-electron chi connectivity index (χ4n) is 2.68. The zero-order valence-electron chi connectivity index (χ0n) is 13.6. The number of nitrogens with one attached hydrogen (secondary N) is 1. The van der Waals surface area contributed by atoms with Crippen molar-refractivity contribution in [3.63, 3.8) is 0 Å². The average Bonchev–Trinajstić information content (AvgIpc) is 2.58. The van der Waals surface area contributed by atoms with Crippen molar-refractivity contribution in [1.82, 2.24) is 15.2 Å². The molecule has 1 N–H and O–H groups in total. The van der Waals surface area contributed by atoms with Gasteiger partial charge in [0.1, 0.15) is 0 Å². The van der Waals surface area contributed by atoms with Crippen LogP contribution in [0, 0.1) is 0 Å². The lowest BCUT2D eigenvalue weighted by atomic mass is 9.97. The number of carbonyl (C=O) groups excluding carboxylic acids is 1. The second kappa shape index (κ2) is 9.36. The third kappa shape index (κ3) is 5.98. The van der Waals surface area contributed by atoms with Crippen LogP contribution >= 0.6 is 0 Å². The van der Waals surface area contributed by atoms with Gasteiger partial charge in [0.25, 0.3) is 0 Å². The van der Waals surface area contributed by atoms with Crippen LogP contribution in [-0.2, 0) is 11.2 Å². The molecule has 0 spiro atoms. The first-order valence-corrected chi connectivity index (χ1v) is 8.27. The summed E-state index contributed by atoms with van der Waals surface area (Å²) < 4.78 is 0. The molecule has 1 aromatic rings. The van der Waals surface area contributed by atoms with Crippen LogP contribution in [-0.4, -0.2) is 42.5 Å². The molecule has 2 rings (SSSR count). The summed E-state index contributed by atoms with van der Waals surface area (Å²) in [7, 11) is 1.87. The van der Waals surface area contributed by atoms with E-state index in [0.29, 0.717) is 6.54 Å². The van der Waals surface area contributed by atoms with Gasteiger partial charge in [0.15, 0.2) is 0 Å². The number of aromatic nitrogens is 1. The highest BCUT2D eigenvalue weighted by atomic mass is 16.2. The van der Waals surface area contributed by atoms with Gasteiger partial charge in [-0.1, -0.05) is 11.6 Å². The predicted molar refractivity (Wildman–Crippen MR) is 89.6 cm³/mol. The van der Waals surface area contributed by atoms with Gasteiger partial charge in [0, 0.05) is 26.0 Å². The molecule has 0 atom stereocenters. The van der Waals surface area contributed by atoms with E-state index >= 15 is 0 Å². The molecule has 0 aromatic carbocycles. The second-order valence-electron chi connectivity index (χ2n) is 5.96. The lowest BCUT2D eigenvalue weighted by molar-refractivity contribution is -0.128. The van der Waals surface area contributed by atoms with Crippen LogP contribution in [0.2, 0.25) is 0 Å². The van der Waals surface area contributed by atoms with Crippen molar-refractivity contribution >= 4 is 5.91 Å². The third-order valence-electron chi connectivity index (χ3n) is 4.20. The summed E-state index contributed by atoms with van der Waals surface area (Å²) in [5.41, 5.74) is 2.77. The van der Waals surface area contributed by atoms with Crippen molar-refractivity contribution in [2.75, 3.05) is 26.7 Å². The van der Waals surface area contributed by atoms with E-state index in [1.807, 2.05) is 19.2 Å². The maximum Gasteiger partial charge on any atom is 0.236 e. The van der Waals surface area contributed by atoms with E-state index in [1.165, 1.54) is 31.2 Å². The van der Waals surface area contributed by atoms with E-state index in [1.54, 1.807) is 22.9 Å². The fraction of sp³-hybridized carbons (Fsp3) is 0.556. The lowest BCUT2D eigenvalue weighted by Crippen LogP contribution is -2.37. The molecule has 1 aromatic heterocycles. The minimum absolute atomic E-state index is 0.159. The minimum atomic E-state index is 0.159. The maximum atomic E-state index is 12.1. The van der Waals surface area contributed by atoms with E-state index in [0.717, 1.165) is 25.9 Å². The molecule has 4 heteroatoms. The van der Waals surface area contributed by atoms with Crippen LogP contribution < -0.4 is 5.32 Å². The normalized spacial score (nSPS) is 14.5. The molecule has 0 saturated heterocycles. The van der Waals surface area contributed by atoms with Gasteiger partial charge >= 0.3 is 0 Å². The first kappa shape index (κ1) is 16.7. The standard InChI is InChI=1S/C18H27N3O/c1-21(14-10-17-7-11-19-12-8-17)18(22)15-20-13-9-16-5-3-2-4-6-16/h5,7-8,11-12,20H,2-4,6,9-10,13-15H2,1H3. The molecular weight excluding hydrogens is 274 g/mol. The quantitative estimate of drug-likeness (QED) is 0.593. The molecule has 0 unspecified atom stereocenters. The molecule has 0 fully saturated rings. The predicted octanol–water partition coefficient (Wildman–Crippen LogP) is 2.56. The Hall–Kier alpha value is -1.68. The summed E-state index contributed by atoms with van der Waals surface area (Å²) >= 11 is 0. The molecule has 1 amide bonds. The Labute approximate surface area is 133 Å². The van der Waals surface area contributed by atoms with Gasteiger partial charge in [-0.2, -0.15) is 0 Å². The number of rotatable bonds is 8. The number of carbonyl (C=O) groups is 1. The van der Waals surface area contributed by atoms with Crippen LogP contribution in [0.1, 0.15) is 37.7 Å². The number of likely N-dealkylation sites (N-methyl/N-ethyl adjacent to an activating group) is 1. The highest BCUT2D eigenvalue weighted by molar-refractivity contribution is 5.77. The van der Waals surface area contributed by atoms with Gasteiger partial charge in [0.2, 0.25) is 5.91 Å². The van der Waals surface area contributed by atoms with Crippen LogP contribution in [0.3, 0.4) is 0 Å². The minimum Gasteiger partial charge on any atom is -0.344 e. The van der Waals surface area contributed by atoms with E-state index < -0.39 is 0 Å². The van der Waals surface area contributed by atoms with Crippen molar-refractivity contribution in [2.24, 2.45) is 0 Å². The fourth-order valence-corrected chi connectivity index (χ4v) is 2.68. The zero-order valence-corrected chi connectivity index (χ0v) is 13.6. The van der Waals surface area contributed by atoms with Gasteiger partial charge in [-0.25, -0.2) is 0 Å². The number of hydrogen-bond acceptors (Lipinski definition) is 3. The summed E-state index contributed by atoms with van der Waals surface area (Å²) in [4.78, 5) is 17.9. The Morgan fingerprint density at radius 3 is 2.82 bits per heavy atom. The zero-order chi connectivity index (χ0) is 15.6. The lowest BCUT2D eigenvalue weighted by Gasteiger charge is -2.18. The molecule has 0 saturated carbocycles. The summed E-state index contributed by atoms with van der Waals surface area (Å²) in [5, 5.41) is 3.27. The van der Waals surface area contributed by atoms with Crippen molar-refractivity contribution in [3.05, 3.63) is 41.7 Å². The SMILES string of the molecule is CN(CCc1ccncc1)C(=O)CNCCC1=CCCCC1. The van der Waals surface area contributed by atoms with Crippen molar-refractivity contribution in [3.8, 4) is 0 Å². The molecule has 0 bridgehead atoms. The molecule has 4 nitrogen and oxygen atoms in total. The second-order valence-corrected chi connectivity index (χ2v) is 5.96. The Morgan fingerprint density at radius 1 is 1.27 bits per heavy atom. The first-order chi connectivity index (χ1) is 10.8. The van der Waals surface area contributed by atoms with Crippen molar-refractivity contribution in [2.45, 2.75) is 38.5 Å². The molecule has 1 aliphatic carbocycles. The Bertz CT molecular complexity index is 484. The average molecular weight is 301 g/mol. The Kier molecular flexibility index (Phi) is 7.10. The van der Waals surface area contributed by atoms with Crippen LogP contribution in [0.4, 0.5) is 0 Å². The maximum absolute atomic E-state index is 12.1. The monoisotopic (exact) mass is 301 g/mol. The van der Waals surface area contributed by atoms with Gasteiger partial charge in [0.05, 0.1) is 6.54 Å². The van der Waals surface area contributed by atoms with Gasteiger partial charge in [-0.05, 0) is 62.8 Å². The number of allylic oxidation sites excluding steroid dienone is 1. The van der Waals surface area contributed by atoms with Gasteiger partial charge < -0.3 is 10.2 Å². The molecular formula is C18H27N3O. The van der Waals surface area contributed by atoms with E-state index in [4.69, 9.17) is 0 Å². The third-order valence-corrected chi connectivity index (χ3v) is 4.20. The van der Waals surface area contributed by atoms with Gasteiger partial charge in [-0.3, -0.25) is 9.78 Å². The van der Waals surface area contributed by atoms with Crippen LogP contribution in [0.5, 0.6) is 0 Å². The summed E-state index contributed by atoms with van der Waals surface area (Å²) in [5.74, 6) is 0.159. The van der Waals surface area contributed by atoms with Crippen molar-refractivity contribution < 1.29 is 4.79 Å². The summed E-state index contributed by atoms with van der Waals surface area (Å²) in [6.45, 7) is 2.07. The van der Waals surface area contributed by atoms with Crippen LogP contribution in [0.15, 0.2) is 36.2 Å². The largest absolute Gasteiger partial charge is 0.344 e. The molecule has 0 radical (unpaired) electrons. The smallest absolute Gasteiger partial charge is 0.236 e. The molecule has 0 aliphatic heterocycles.